The highest BCUT2D eigenvalue weighted by molar-refractivity contribution is 6.30. The van der Waals surface area contributed by atoms with E-state index < -0.39 is 17.2 Å². The average Bonchev–Trinajstić information content (AvgIpc) is 2.99. The number of amides is 1. The summed E-state index contributed by atoms with van der Waals surface area (Å²) in [6.45, 7) is 2.53. The maximum Gasteiger partial charge on any atom is 0.416 e. The first kappa shape index (κ1) is 20.4. The molecule has 3 aliphatic rings. The Morgan fingerprint density at radius 2 is 1.87 bits per heavy atom. The highest BCUT2D eigenvalue weighted by Gasteiger charge is 2.59. The molecule has 8 heteroatoms. The molecule has 0 aromatic heterocycles. The van der Waals surface area contributed by atoms with Crippen molar-refractivity contribution in [2.75, 3.05) is 16.5 Å². The zero-order valence-electron chi connectivity index (χ0n) is 16.9. The molecular weight excluding hydrogens is 427 g/mol. The molecule has 0 bridgehead atoms. The molecule has 0 aliphatic carbocycles. The van der Waals surface area contributed by atoms with Crippen molar-refractivity contribution in [2.45, 2.75) is 44.8 Å². The molecule has 1 fully saturated rings. The number of hydrazone groups is 1. The molecular formula is C23H21ClF3N3O. The normalized spacial score (nSPS) is 25.5. The Kier molecular flexibility index (Phi) is 4.59. The number of piperidine rings is 1. The molecule has 0 saturated carbocycles. The van der Waals surface area contributed by atoms with E-state index >= 15 is 0 Å². The minimum absolute atomic E-state index is 0.126. The number of alkyl halides is 3. The lowest BCUT2D eigenvalue weighted by Crippen LogP contribution is -2.61. The van der Waals surface area contributed by atoms with Crippen LogP contribution in [0.3, 0.4) is 0 Å². The summed E-state index contributed by atoms with van der Waals surface area (Å²) in [5.41, 5.74) is 0.932. The van der Waals surface area contributed by atoms with Crippen LogP contribution in [0.5, 0.6) is 0 Å². The predicted octanol–water partition coefficient (Wildman–Crippen LogP) is 5.68. The lowest BCUT2D eigenvalue weighted by atomic mass is 9.65. The maximum absolute atomic E-state index is 13.9. The van der Waals surface area contributed by atoms with Crippen LogP contribution >= 0.6 is 11.6 Å². The van der Waals surface area contributed by atoms with E-state index in [1.54, 1.807) is 30.3 Å². The number of hydrogen-bond donors (Lipinski definition) is 0. The van der Waals surface area contributed by atoms with Crippen molar-refractivity contribution >= 4 is 34.6 Å². The third-order valence-electron chi connectivity index (χ3n) is 6.80. The predicted molar refractivity (Wildman–Crippen MR) is 115 cm³/mol. The standard InChI is InChI=1S/C23H21ClF3N3O/c1-14-22(21(31)30(28-14)18-8-6-17(24)7-9-18)13-15-12-16(23(25,26)27)5-10-19(15)29-11-3-2-4-20(22)29/h5-10,12,20H,2-4,11,13H2,1H3/t20-,22-/m1/s1. The molecule has 4 nitrogen and oxygen atoms in total. The van der Waals surface area contributed by atoms with E-state index in [1.165, 1.54) is 11.1 Å². The topological polar surface area (TPSA) is 35.9 Å². The fourth-order valence-corrected chi connectivity index (χ4v) is 5.43. The maximum atomic E-state index is 13.9. The molecule has 3 heterocycles. The summed E-state index contributed by atoms with van der Waals surface area (Å²) in [4.78, 5) is 16.0. The summed E-state index contributed by atoms with van der Waals surface area (Å²) in [6, 6.07) is 10.6. The molecule has 0 unspecified atom stereocenters. The van der Waals surface area contributed by atoms with E-state index in [1.807, 2.05) is 6.92 Å². The van der Waals surface area contributed by atoms with Gasteiger partial charge in [0, 0.05) is 23.3 Å². The highest BCUT2D eigenvalue weighted by atomic mass is 35.5. The molecule has 31 heavy (non-hydrogen) atoms. The van der Waals surface area contributed by atoms with Crippen molar-refractivity contribution in [3.8, 4) is 0 Å². The largest absolute Gasteiger partial charge is 0.416 e. The molecule has 0 N–H and O–H groups in total. The molecule has 1 saturated heterocycles. The number of fused-ring (bicyclic) bond motifs is 4. The van der Waals surface area contributed by atoms with Gasteiger partial charge in [0.25, 0.3) is 5.91 Å². The summed E-state index contributed by atoms with van der Waals surface area (Å²) in [6.07, 6.45) is -1.50. The number of hydrogen-bond acceptors (Lipinski definition) is 3. The van der Waals surface area contributed by atoms with E-state index in [2.05, 4.69) is 10.0 Å². The number of carbonyl (C=O) groups is 1. The molecule has 3 aliphatic heterocycles. The van der Waals surface area contributed by atoms with Crippen LogP contribution < -0.4 is 9.91 Å². The van der Waals surface area contributed by atoms with Crippen LogP contribution in [-0.2, 0) is 17.4 Å². The SMILES string of the molecule is CC1=NN(c2ccc(Cl)cc2)C(=O)[C@]12Cc1cc(C(F)(F)F)ccc1N1CCCC[C@@H]12. The molecule has 2 aromatic carbocycles. The van der Waals surface area contributed by atoms with Gasteiger partial charge in [0.15, 0.2) is 0 Å². The Hall–Kier alpha value is -2.54. The van der Waals surface area contributed by atoms with Crippen LogP contribution in [-0.4, -0.2) is 24.2 Å². The van der Waals surface area contributed by atoms with Crippen LogP contribution in [0.4, 0.5) is 24.5 Å². The second-order valence-corrected chi connectivity index (χ2v) is 8.91. The first-order chi connectivity index (χ1) is 14.7. The summed E-state index contributed by atoms with van der Waals surface area (Å²) >= 11 is 5.99. The van der Waals surface area contributed by atoms with Crippen molar-refractivity contribution in [3.63, 3.8) is 0 Å². The van der Waals surface area contributed by atoms with E-state index in [9.17, 15) is 18.0 Å². The summed E-state index contributed by atoms with van der Waals surface area (Å²) in [7, 11) is 0. The number of benzene rings is 2. The van der Waals surface area contributed by atoms with Gasteiger partial charge in [0.05, 0.1) is 17.0 Å². The van der Waals surface area contributed by atoms with Crippen molar-refractivity contribution in [2.24, 2.45) is 10.5 Å². The number of nitrogens with zero attached hydrogens (tertiary/aromatic N) is 3. The summed E-state index contributed by atoms with van der Waals surface area (Å²) in [5.74, 6) is -0.188. The third kappa shape index (κ3) is 3.04. The second-order valence-electron chi connectivity index (χ2n) is 8.47. The summed E-state index contributed by atoms with van der Waals surface area (Å²) < 4.78 is 40.2. The monoisotopic (exact) mass is 447 g/mol. The Labute approximate surface area is 183 Å². The van der Waals surface area contributed by atoms with Gasteiger partial charge in [-0.15, -0.1) is 0 Å². The van der Waals surface area contributed by atoms with Gasteiger partial charge in [-0.25, -0.2) is 0 Å². The average molecular weight is 448 g/mol. The first-order valence-electron chi connectivity index (χ1n) is 10.3. The van der Waals surface area contributed by atoms with Gasteiger partial charge < -0.3 is 4.90 Å². The molecule has 5 rings (SSSR count). The molecule has 2 atom stereocenters. The van der Waals surface area contributed by atoms with Crippen LogP contribution in [0.15, 0.2) is 47.6 Å². The number of rotatable bonds is 1. The molecule has 2 aromatic rings. The minimum atomic E-state index is -4.43. The molecule has 1 amide bonds. The van der Waals surface area contributed by atoms with Crippen molar-refractivity contribution < 1.29 is 18.0 Å². The molecule has 162 valence electrons. The van der Waals surface area contributed by atoms with Gasteiger partial charge in [-0.2, -0.15) is 23.3 Å². The fraction of sp³-hybridized carbons (Fsp3) is 0.391. The van der Waals surface area contributed by atoms with Crippen molar-refractivity contribution in [1.29, 1.82) is 0 Å². The number of anilines is 2. The van der Waals surface area contributed by atoms with Crippen LogP contribution in [0.1, 0.15) is 37.3 Å². The van der Waals surface area contributed by atoms with E-state index in [0.717, 1.165) is 31.0 Å². The highest BCUT2D eigenvalue weighted by Crippen LogP contribution is 2.50. The molecule has 0 radical (unpaired) electrons. The zero-order valence-corrected chi connectivity index (χ0v) is 17.7. The quantitative estimate of drug-likeness (QED) is 0.563. The third-order valence-corrected chi connectivity index (χ3v) is 7.05. The lowest BCUT2D eigenvalue weighted by molar-refractivity contribution is -0.137. The smallest absolute Gasteiger partial charge is 0.367 e. The lowest BCUT2D eigenvalue weighted by Gasteiger charge is -2.51. The van der Waals surface area contributed by atoms with Gasteiger partial charge >= 0.3 is 6.18 Å². The Bertz CT molecular complexity index is 1080. The van der Waals surface area contributed by atoms with Crippen molar-refractivity contribution in [1.82, 2.24) is 0 Å². The van der Waals surface area contributed by atoms with E-state index in [4.69, 9.17) is 11.6 Å². The fourth-order valence-electron chi connectivity index (χ4n) is 5.31. The second kappa shape index (κ2) is 6.99. The van der Waals surface area contributed by atoms with Crippen LogP contribution in [0, 0.1) is 5.41 Å². The summed E-state index contributed by atoms with van der Waals surface area (Å²) in [5, 5.41) is 6.53. The van der Waals surface area contributed by atoms with Crippen LogP contribution in [0.25, 0.3) is 0 Å². The van der Waals surface area contributed by atoms with Gasteiger partial charge in [0.1, 0.15) is 5.41 Å². The first-order valence-corrected chi connectivity index (χ1v) is 10.7. The van der Waals surface area contributed by atoms with Crippen molar-refractivity contribution in [3.05, 3.63) is 58.6 Å². The number of carbonyl (C=O) groups excluding carboxylic acids is 1. The van der Waals surface area contributed by atoms with Gasteiger partial charge in [-0.1, -0.05) is 11.6 Å². The Morgan fingerprint density at radius 1 is 1.13 bits per heavy atom. The minimum Gasteiger partial charge on any atom is -0.367 e. The van der Waals surface area contributed by atoms with Gasteiger partial charge in [-0.05, 0) is 80.6 Å². The van der Waals surface area contributed by atoms with E-state index in [0.29, 0.717) is 28.5 Å². The zero-order chi connectivity index (χ0) is 22.0. The Morgan fingerprint density at radius 3 is 2.58 bits per heavy atom. The van der Waals surface area contributed by atoms with Gasteiger partial charge in [0.2, 0.25) is 0 Å². The van der Waals surface area contributed by atoms with E-state index in [-0.39, 0.29) is 18.4 Å². The number of halogens is 4. The van der Waals surface area contributed by atoms with Crippen LogP contribution in [0.2, 0.25) is 5.02 Å². The molecule has 1 spiro atoms. The Balaban J connectivity index is 1.62. The van der Waals surface area contributed by atoms with Gasteiger partial charge in [-0.3, -0.25) is 4.79 Å².